The van der Waals surface area contributed by atoms with E-state index in [0.29, 0.717) is 0 Å². The van der Waals surface area contributed by atoms with Crippen molar-refractivity contribution < 1.29 is 0 Å². The average molecular weight is 542 g/mol. The Morgan fingerprint density at radius 1 is 0.805 bits per heavy atom. The molecule has 0 unspecified atom stereocenters. The van der Waals surface area contributed by atoms with Crippen LogP contribution in [0.3, 0.4) is 0 Å². The van der Waals surface area contributed by atoms with E-state index in [9.17, 15) is 0 Å². The molecule has 2 fully saturated rings. The van der Waals surface area contributed by atoms with Crippen LogP contribution in [-0.2, 0) is 0 Å². The lowest BCUT2D eigenvalue weighted by Crippen LogP contribution is -2.47. The summed E-state index contributed by atoms with van der Waals surface area (Å²) in [5.74, 6) is 0.827. The molecule has 7 rings (SSSR count). The molecule has 0 bridgehead atoms. The Balaban J connectivity index is 1.27. The van der Waals surface area contributed by atoms with Crippen LogP contribution in [0, 0.1) is 5.92 Å². The molecule has 0 amide bonds. The Labute approximate surface area is 242 Å². The van der Waals surface area contributed by atoms with E-state index in [-0.39, 0.29) is 0 Å². The molecule has 208 valence electrons. The van der Waals surface area contributed by atoms with Gasteiger partial charge in [0, 0.05) is 24.0 Å². The van der Waals surface area contributed by atoms with Crippen molar-refractivity contribution in [2.75, 3.05) is 25.0 Å². The molecule has 3 heterocycles. The highest BCUT2D eigenvalue weighted by atomic mass is 15.2. The largest absolute Gasteiger partial charge is 0.354 e. The first-order valence-corrected chi connectivity index (χ1v) is 15.4. The predicted molar refractivity (Wildman–Crippen MR) is 169 cm³/mol. The number of aromatic nitrogens is 2. The number of fused-ring (bicyclic) bond motifs is 3. The first kappa shape index (κ1) is 26.0. The Morgan fingerprint density at radius 3 is 2.46 bits per heavy atom. The first-order chi connectivity index (χ1) is 20.3. The number of piperidine rings is 2. The molecule has 0 spiro atoms. The van der Waals surface area contributed by atoms with Gasteiger partial charge in [-0.1, -0.05) is 55.0 Å². The number of nitrogens with one attached hydrogen (secondary N) is 1. The summed E-state index contributed by atoms with van der Waals surface area (Å²) in [6.45, 7) is 3.45. The van der Waals surface area contributed by atoms with E-state index in [0.717, 1.165) is 69.8 Å². The van der Waals surface area contributed by atoms with Crippen LogP contribution in [0.15, 0.2) is 102 Å². The van der Waals surface area contributed by atoms with E-state index in [1.165, 1.54) is 51.6 Å². The molecular formula is C36H39N5. The van der Waals surface area contributed by atoms with Gasteiger partial charge in [0.25, 0.3) is 0 Å². The number of rotatable bonds is 7. The standard InChI is InChI=1S/C36H39N5/c1-3-15-28(16-4-1)38-32-25-33-36(41(29-17-5-2-6-18-29)35-21-8-7-19-30(35)39-33)26-31(32)37-22-11-13-27-14-12-24-40-23-10-9-20-34(27)40/h1-8,15-19,21,25-27,34,38H,9-14,20,22-24H2/t27-,34+/m0/s1. The van der Waals surface area contributed by atoms with E-state index in [4.69, 9.17) is 9.98 Å². The molecule has 3 aliphatic heterocycles. The van der Waals surface area contributed by atoms with Crippen LogP contribution in [0.2, 0.25) is 0 Å². The van der Waals surface area contributed by atoms with E-state index in [2.05, 4.69) is 106 Å². The van der Waals surface area contributed by atoms with Crippen LogP contribution in [0.1, 0.15) is 44.9 Å². The highest BCUT2D eigenvalue weighted by molar-refractivity contribution is 5.84. The van der Waals surface area contributed by atoms with Gasteiger partial charge in [0.1, 0.15) is 0 Å². The van der Waals surface area contributed by atoms with E-state index < -0.39 is 0 Å². The minimum atomic E-state index is 0.803. The molecule has 1 aliphatic carbocycles. The summed E-state index contributed by atoms with van der Waals surface area (Å²) in [6, 6.07) is 34.6. The lowest BCUT2D eigenvalue weighted by Gasteiger charge is -2.44. The summed E-state index contributed by atoms with van der Waals surface area (Å²) in [5, 5.41) is 4.64. The smallest absolute Gasteiger partial charge is 0.0900 e. The maximum Gasteiger partial charge on any atom is 0.0900 e. The molecule has 4 aliphatic rings. The fourth-order valence-electron chi connectivity index (χ4n) is 7.07. The summed E-state index contributed by atoms with van der Waals surface area (Å²) in [5.41, 5.74) is 7.27. The highest BCUT2D eigenvalue weighted by Crippen LogP contribution is 2.34. The van der Waals surface area contributed by atoms with Gasteiger partial charge in [0.15, 0.2) is 0 Å². The van der Waals surface area contributed by atoms with Gasteiger partial charge in [-0.3, -0.25) is 4.99 Å². The normalized spacial score (nSPS) is 19.9. The highest BCUT2D eigenvalue weighted by Gasteiger charge is 2.32. The Bertz CT molecular complexity index is 1640. The van der Waals surface area contributed by atoms with Gasteiger partial charge < -0.3 is 14.8 Å². The van der Waals surface area contributed by atoms with Gasteiger partial charge in [0.2, 0.25) is 0 Å². The summed E-state index contributed by atoms with van der Waals surface area (Å²) in [4.78, 5) is 13.1. The fraction of sp³-hybridized carbons (Fsp3) is 0.333. The van der Waals surface area contributed by atoms with Gasteiger partial charge in [0.05, 0.1) is 33.5 Å². The molecule has 0 radical (unpaired) electrons. The third-order valence-corrected chi connectivity index (χ3v) is 9.01. The Morgan fingerprint density at radius 2 is 1.59 bits per heavy atom. The van der Waals surface area contributed by atoms with Gasteiger partial charge >= 0.3 is 0 Å². The van der Waals surface area contributed by atoms with Crippen LogP contribution in [0.4, 0.5) is 11.4 Å². The number of benzene rings is 4. The van der Waals surface area contributed by atoms with Crippen molar-refractivity contribution in [2.45, 2.75) is 51.0 Å². The van der Waals surface area contributed by atoms with Crippen molar-refractivity contribution in [3.63, 3.8) is 0 Å². The second kappa shape index (κ2) is 11.9. The number of hydrogen-bond donors (Lipinski definition) is 1. The molecule has 41 heavy (non-hydrogen) atoms. The van der Waals surface area contributed by atoms with Crippen LogP contribution in [-0.4, -0.2) is 40.1 Å². The summed E-state index contributed by atoms with van der Waals surface area (Å²) in [7, 11) is 0. The molecular weight excluding hydrogens is 502 g/mol. The minimum absolute atomic E-state index is 0.803. The summed E-state index contributed by atoms with van der Waals surface area (Å²) in [6.07, 6.45) is 9.31. The van der Waals surface area contributed by atoms with E-state index in [1.807, 2.05) is 6.07 Å². The van der Waals surface area contributed by atoms with Crippen LogP contribution < -0.4 is 10.7 Å². The van der Waals surface area contributed by atoms with Crippen molar-refractivity contribution in [3.8, 4) is 17.1 Å². The number of hydrogen-bond acceptors (Lipinski definition) is 4. The van der Waals surface area contributed by atoms with Crippen molar-refractivity contribution >= 4 is 22.4 Å². The molecule has 3 aromatic carbocycles. The van der Waals surface area contributed by atoms with Crippen molar-refractivity contribution in [1.82, 2.24) is 14.5 Å². The maximum absolute atomic E-state index is 5.24. The maximum atomic E-state index is 5.24. The lowest BCUT2D eigenvalue weighted by atomic mass is 9.81. The third-order valence-electron chi connectivity index (χ3n) is 9.01. The second-order valence-corrected chi connectivity index (χ2v) is 11.6. The zero-order valence-electron chi connectivity index (χ0n) is 23.8. The van der Waals surface area contributed by atoms with Crippen LogP contribution in [0.5, 0.6) is 0 Å². The molecule has 5 heteroatoms. The lowest BCUT2D eigenvalue weighted by molar-refractivity contribution is 0.0552. The van der Waals surface area contributed by atoms with Gasteiger partial charge in [-0.05, 0) is 106 Å². The van der Waals surface area contributed by atoms with Crippen molar-refractivity contribution in [2.24, 2.45) is 10.9 Å². The predicted octanol–water partition coefficient (Wildman–Crippen LogP) is 7.82. The fourth-order valence-corrected chi connectivity index (χ4v) is 7.07. The molecule has 0 saturated carbocycles. The van der Waals surface area contributed by atoms with E-state index >= 15 is 0 Å². The summed E-state index contributed by atoms with van der Waals surface area (Å²) < 4.78 is 2.32. The third kappa shape index (κ3) is 5.51. The molecule has 1 N–H and O–H groups in total. The summed E-state index contributed by atoms with van der Waals surface area (Å²) >= 11 is 0. The molecule has 5 nitrogen and oxygen atoms in total. The van der Waals surface area contributed by atoms with Crippen molar-refractivity contribution in [1.29, 1.82) is 0 Å². The minimum Gasteiger partial charge on any atom is -0.354 e. The van der Waals surface area contributed by atoms with Gasteiger partial charge in [-0.2, -0.15) is 0 Å². The molecule has 2 saturated heterocycles. The van der Waals surface area contributed by atoms with Crippen molar-refractivity contribution in [3.05, 3.63) is 102 Å². The zero-order valence-corrected chi connectivity index (χ0v) is 23.8. The molecule has 2 atom stereocenters. The number of para-hydroxylation sites is 4. The van der Waals surface area contributed by atoms with Gasteiger partial charge in [-0.25, -0.2) is 4.98 Å². The quantitative estimate of drug-likeness (QED) is 0.169. The SMILES string of the molecule is c1ccc(Nc2cc3nc4ccccc4n(-c4ccccc4)c-3cc2=NCCC[C@H]2CCCN3CCCC[C@H]23)cc1. The molecule has 0 aromatic heterocycles. The topological polar surface area (TPSA) is 45.5 Å². The zero-order chi connectivity index (χ0) is 27.4. The van der Waals surface area contributed by atoms with Gasteiger partial charge in [-0.15, -0.1) is 0 Å². The van der Waals surface area contributed by atoms with Crippen LogP contribution in [0.25, 0.3) is 28.1 Å². The second-order valence-electron chi connectivity index (χ2n) is 11.6. The number of anilines is 2. The number of nitrogens with zero attached hydrogens (tertiary/aromatic N) is 4. The van der Waals surface area contributed by atoms with E-state index in [1.54, 1.807) is 0 Å². The molecule has 3 aromatic rings. The monoisotopic (exact) mass is 541 g/mol. The van der Waals surface area contributed by atoms with Crippen LogP contribution >= 0.6 is 0 Å². The first-order valence-electron chi connectivity index (χ1n) is 15.4. The average Bonchev–Trinajstić information content (AvgIpc) is 3.03. The Kier molecular flexibility index (Phi) is 7.52. The Hall–Kier alpha value is -3.96.